The second-order valence-electron chi connectivity index (χ2n) is 3.65. The molecule has 0 radical (unpaired) electrons. The molecule has 1 rings (SSSR count). The van der Waals surface area contributed by atoms with Crippen molar-refractivity contribution < 1.29 is 14.3 Å². The van der Waals surface area contributed by atoms with Gasteiger partial charge in [-0.05, 0) is 24.3 Å². The van der Waals surface area contributed by atoms with Gasteiger partial charge in [-0.1, -0.05) is 41.7 Å². The molecule has 0 aliphatic carbocycles. The molecule has 1 atom stereocenters. The minimum atomic E-state index is -1.81. The van der Waals surface area contributed by atoms with E-state index in [4.69, 9.17) is 39.5 Å². The van der Waals surface area contributed by atoms with Gasteiger partial charge >= 0.3 is 0 Å². The van der Waals surface area contributed by atoms with Crippen LogP contribution in [-0.4, -0.2) is 22.2 Å². The van der Waals surface area contributed by atoms with E-state index in [1.54, 1.807) is 31.2 Å². The molecular formula is C12H12Cl3NO3. The number of halogens is 3. The zero-order valence-corrected chi connectivity index (χ0v) is 12.3. The molecule has 1 N–H and O–H groups in total. The predicted octanol–water partition coefficient (Wildman–Crippen LogP) is 3.10. The molecule has 4 nitrogen and oxygen atoms in total. The summed E-state index contributed by atoms with van der Waals surface area (Å²) in [7, 11) is 0. The van der Waals surface area contributed by atoms with E-state index in [9.17, 15) is 9.59 Å². The maximum atomic E-state index is 11.3. The largest absolute Gasteiger partial charge is 0.466 e. The monoisotopic (exact) mass is 323 g/mol. The van der Waals surface area contributed by atoms with Crippen LogP contribution in [0.4, 0.5) is 0 Å². The molecule has 0 aromatic heterocycles. The lowest BCUT2D eigenvalue weighted by atomic mass is 10.2. The molecule has 0 saturated carbocycles. The van der Waals surface area contributed by atoms with E-state index in [1.165, 1.54) is 0 Å². The molecule has 19 heavy (non-hydrogen) atoms. The second kappa shape index (κ2) is 6.98. The Kier molecular flexibility index (Phi) is 5.91. The molecule has 104 valence electrons. The number of benzene rings is 1. The Morgan fingerprint density at radius 2 is 1.95 bits per heavy atom. The number of hydrogen-bond acceptors (Lipinski definition) is 3. The van der Waals surface area contributed by atoms with Crippen LogP contribution < -0.4 is 10.1 Å². The Hall–Kier alpha value is -0.970. The SMILES string of the molecule is CCC(=O)NC(Oc1ccc(C=O)cc1)C(Cl)(Cl)Cl. The van der Waals surface area contributed by atoms with Gasteiger partial charge in [-0.25, -0.2) is 0 Å². The van der Waals surface area contributed by atoms with Crippen molar-refractivity contribution in [3.05, 3.63) is 29.8 Å². The molecule has 1 aromatic rings. The van der Waals surface area contributed by atoms with Crippen molar-refractivity contribution in [3.63, 3.8) is 0 Å². The van der Waals surface area contributed by atoms with Crippen molar-refractivity contribution >= 4 is 47.0 Å². The van der Waals surface area contributed by atoms with Crippen molar-refractivity contribution in [1.82, 2.24) is 5.32 Å². The van der Waals surface area contributed by atoms with Crippen LogP contribution in [0.3, 0.4) is 0 Å². The molecule has 0 aliphatic heterocycles. The summed E-state index contributed by atoms with van der Waals surface area (Å²) in [6.45, 7) is 1.67. The van der Waals surface area contributed by atoms with Gasteiger partial charge in [0.2, 0.25) is 15.9 Å². The third-order valence-corrected chi connectivity index (χ3v) is 2.78. The van der Waals surface area contributed by atoms with Gasteiger partial charge in [0.15, 0.2) is 0 Å². The summed E-state index contributed by atoms with van der Waals surface area (Å²) in [6.07, 6.45) is -0.174. The van der Waals surface area contributed by atoms with Gasteiger partial charge < -0.3 is 10.1 Å². The van der Waals surface area contributed by atoms with Crippen LogP contribution in [-0.2, 0) is 4.79 Å². The standard InChI is InChI=1S/C12H12Cl3NO3/c1-2-10(18)16-11(12(13,14)15)19-9-5-3-8(7-17)4-6-9/h3-7,11H,2H2,1H3,(H,16,18). The topological polar surface area (TPSA) is 55.4 Å². The molecule has 1 aromatic carbocycles. The molecule has 0 bridgehead atoms. The summed E-state index contributed by atoms with van der Waals surface area (Å²) in [5.74, 6) is 0.0687. The number of carbonyl (C=O) groups is 2. The van der Waals surface area contributed by atoms with Crippen molar-refractivity contribution in [2.75, 3.05) is 0 Å². The van der Waals surface area contributed by atoms with E-state index in [1.807, 2.05) is 0 Å². The first-order valence-electron chi connectivity index (χ1n) is 5.44. The number of ether oxygens (including phenoxy) is 1. The summed E-state index contributed by atoms with van der Waals surface area (Å²) in [6, 6.07) is 6.20. The van der Waals surface area contributed by atoms with Crippen molar-refractivity contribution in [2.45, 2.75) is 23.4 Å². The Bertz CT molecular complexity index is 443. The van der Waals surface area contributed by atoms with Crippen molar-refractivity contribution in [3.8, 4) is 5.75 Å². The van der Waals surface area contributed by atoms with Gasteiger partial charge in [-0.2, -0.15) is 0 Å². The smallest absolute Gasteiger partial charge is 0.246 e. The number of amides is 1. The van der Waals surface area contributed by atoms with E-state index in [0.717, 1.165) is 0 Å². The van der Waals surface area contributed by atoms with E-state index < -0.39 is 10.0 Å². The zero-order chi connectivity index (χ0) is 14.5. The van der Waals surface area contributed by atoms with Crippen LogP contribution in [0.1, 0.15) is 23.7 Å². The minimum Gasteiger partial charge on any atom is -0.466 e. The molecule has 0 saturated heterocycles. The van der Waals surface area contributed by atoms with Crippen LogP contribution >= 0.6 is 34.8 Å². The molecule has 0 fully saturated rings. The van der Waals surface area contributed by atoms with Crippen LogP contribution in [0.25, 0.3) is 0 Å². The summed E-state index contributed by atoms with van der Waals surface area (Å²) >= 11 is 17.2. The fourth-order valence-electron chi connectivity index (χ4n) is 1.19. The zero-order valence-electron chi connectivity index (χ0n) is 10.0. The van der Waals surface area contributed by atoms with E-state index in [-0.39, 0.29) is 12.3 Å². The fraction of sp³-hybridized carbons (Fsp3) is 0.333. The number of nitrogens with one attached hydrogen (secondary N) is 1. The predicted molar refractivity (Wildman–Crippen MR) is 75.0 cm³/mol. The van der Waals surface area contributed by atoms with Crippen LogP contribution in [0.15, 0.2) is 24.3 Å². The Labute approximate surface area is 126 Å². The normalized spacial score (nSPS) is 12.6. The van der Waals surface area contributed by atoms with Crippen LogP contribution in [0.5, 0.6) is 5.75 Å². The Morgan fingerprint density at radius 3 is 2.37 bits per heavy atom. The lowest BCUT2D eigenvalue weighted by Gasteiger charge is -2.26. The highest BCUT2D eigenvalue weighted by molar-refractivity contribution is 6.68. The lowest BCUT2D eigenvalue weighted by molar-refractivity contribution is -0.123. The third kappa shape index (κ3) is 5.27. The number of carbonyl (C=O) groups excluding carboxylic acids is 2. The Balaban J connectivity index is 2.81. The summed E-state index contributed by atoms with van der Waals surface area (Å²) in [5, 5.41) is 2.46. The quantitative estimate of drug-likeness (QED) is 0.514. The van der Waals surface area contributed by atoms with Gasteiger partial charge in [0, 0.05) is 12.0 Å². The van der Waals surface area contributed by atoms with Crippen LogP contribution in [0.2, 0.25) is 0 Å². The van der Waals surface area contributed by atoms with Crippen molar-refractivity contribution in [1.29, 1.82) is 0 Å². The first kappa shape index (κ1) is 16.1. The third-order valence-electron chi connectivity index (χ3n) is 2.18. The highest BCUT2D eigenvalue weighted by Crippen LogP contribution is 2.32. The first-order valence-corrected chi connectivity index (χ1v) is 6.58. The van der Waals surface area contributed by atoms with Gasteiger partial charge in [-0.3, -0.25) is 9.59 Å². The number of alkyl halides is 3. The summed E-state index contributed by atoms with van der Waals surface area (Å²) in [4.78, 5) is 21.9. The minimum absolute atomic E-state index is 0.241. The molecule has 0 spiro atoms. The maximum Gasteiger partial charge on any atom is 0.246 e. The average Bonchev–Trinajstić information content (AvgIpc) is 2.37. The number of rotatable bonds is 5. The van der Waals surface area contributed by atoms with Crippen molar-refractivity contribution in [2.24, 2.45) is 0 Å². The second-order valence-corrected chi connectivity index (χ2v) is 6.02. The summed E-state index contributed by atoms with van der Waals surface area (Å²) < 4.78 is 3.60. The van der Waals surface area contributed by atoms with E-state index in [2.05, 4.69) is 5.32 Å². The van der Waals surface area contributed by atoms with E-state index >= 15 is 0 Å². The molecule has 1 amide bonds. The number of hydrogen-bond donors (Lipinski definition) is 1. The maximum absolute atomic E-state index is 11.3. The molecule has 1 unspecified atom stereocenters. The fourth-order valence-corrected chi connectivity index (χ4v) is 1.48. The van der Waals surface area contributed by atoms with Gasteiger partial charge in [0.1, 0.15) is 12.0 Å². The summed E-state index contributed by atoms with van der Waals surface area (Å²) in [5.41, 5.74) is 0.496. The average molecular weight is 325 g/mol. The highest BCUT2D eigenvalue weighted by Gasteiger charge is 2.35. The van der Waals surface area contributed by atoms with E-state index in [0.29, 0.717) is 17.6 Å². The number of aldehydes is 1. The van der Waals surface area contributed by atoms with Crippen LogP contribution in [0, 0.1) is 0 Å². The first-order chi connectivity index (χ1) is 8.86. The molecule has 0 aliphatic rings. The molecule has 0 heterocycles. The van der Waals surface area contributed by atoms with Gasteiger partial charge in [0.25, 0.3) is 0 Å². The lowest BCUT2D eigenvalue weighted by Crippen LogP contribution is -2.47. The highest BCUT2D eigenvalue weighted by atomic mass is 35.6. The molecule has 7 heteroatoms. The Morgan fingerprint density at radius 1 is 1.37 bits per heavy atom. The van der Waals surface area contributed by atoms with Gasteiger partial charge in [0.05, 0.1) is 0 Å². The van der Waals surface area contributed by atoms with Gasteiger partial charge in [-0.15, -0.1) is 0 Å². The molecular weight excluding hydrogens is 312 g/mol.